The summed E-state index contributed by atoms with van der Waals surface area (Å²) in [7, 11) is -1.71. The summed E-state index contributed by atoms with van der Waals surface area (Å²) in [5.74, 6) is 0. The third-order valence-corrected chi connectivity index (χ3v) is 6.31. The highest BCUT2D eigenvalue weighted by Crippen LogP contribution is 2.29. The standard InChI is InChI=1S/C15H19N3O3S/c1-17-7-6-14-13(11-17)18(8-9-21-14)22(19,20)15-5-3-2-4-12(15)10-16/h2-5,13-14H,6-9,11H2,1H3/t13-,14+/m1/s1. The van der Waals surface area contributed by atoms with E-state index in [1.807, 2.05) is 13.1 Å². The first kappa shape index (κ1) is 15.4. The molecule has 22 heavy (non-hydrogen) atoms. The number of fused-ring (bicyclic) bond motifs is 1. The van der Waals surface area contributed by atoms with Crippen molar-refractivity contribution in [2.45, 2.75) is 23.5 Å². The van der Waals surface area contributed by atoms with Gasteiger partial charge in [-0.15, -0.1) is 0 Å². The van der Waals surface area contributed by atoms with Gasteiger partial charge in [0.05, 0.1) is 29.2 Å². The maximum absolute atomic E-state index is 13.0. The molecule has 2 aliphatic heterocycles. The van der Waals surface area contributed by atoms with Gasteiger partial charge in [-0.1, -0.05) is 12.1 Å². The molecule has 7 heteroatoms. The van der Waals surface area contributed by atoms with Gasteiger partial charge in [0.1, 0.15) is 6.07 Å². The fraction of sp³-hybridized carbons (Fsp3) is 0.533. The van der Waals surface area contributed by atoms with Gasteiger partial charge in [-0.25, -0.2) is 8.42 Å². The van der Waals surface area contributed by atoms with Crippen LogP contribution in [0, 0.1) is 11.3 Å². The molecule has 2 saturated heterocycles. The van der Waals surface area contributed by atoms with Crippen LogP contribution in [0.25, 0.3) is 0 Å². The molecule has 0 aromatic heterocycles. The maximum atomic E-state index is 13.0. The highest BCUT2D eigenvalue weighted by atomic mass is 32.2. The minimum Gasteiger partial charge on any atom is -0.375 e. The van der Waals surface area contributed by atoms with E-state index < -0.39 is 10.0 Å². The predicted molar refractivity (Wildman–Crippen MR) is 80.7 cm³/mol. The molecule has 0 aliphatic carbocycles. The number of piperidine rings is 1. The van der Waals surface area contributed by atoms with Gasteiger partial charge in [-0.3, -0.25) is 0 Å². The predicted octanol–water partition coefficient (Wildman–Crippen LogP) is 0.652. The lowest BCUT2D eigenvalue weighted by Crippen LogP contribution is -2.60. The third kappa shape index (κ3) is 2.63. The second kappa shape index (κ2) is 5.97. The average Bonchev–Trinajstić information content (AvgIpc) is 2.54. The summed E-state index contributed by atoms with van der Waals surface area (Å²) in [6.07, 6.45) is 0.765. The van der Waals surface area contributed by atoms with Gasteiger partial charge in [0.2, 0.25) is 10.0 Å². The van der Waals surface area contributed by atoms with E-state index in [4.69, 9.17) is 4.74 Å². The fourth-order valence-electron chi connectivity index (χ4n) is 3.21. The summed E-state index contributed by atoms with van der Waals surface area (Å²) in [6.45, 7) is 2.29. The van der Waals surface area contributed by atoms with Gasteiger partial charge >= 0.3 is 0 Å². The molecule has 0 saturated carbocycles. The fourth-order valence-corrected chi connectivity index (χ4v) is 4.98. The summed E-state index contributed by atoms with van der Waals surface area (Å²) in [5.41, 5.74) is 0.190. The van der Waals surface area contributed by atoms with Gasteiger partial charge in [0, 0.05) is 19.6 Å². The van der Waals surface area contributed by atoms with Crippen molar-refractivity contribution < 1.29 is 13.2 Å². The number of likely N-dealkylation sites (N-methyl/N-ethyl adjacent to an activating group) is 1. The van der Waals surface area contributed by atoms with Crippen molar-refractivity contribution in [3.63, 3.8) is 0 Å². The number of ether oxygens (including phenoxy) is 1. The van der Waals surface area contributed by atoms with Gasteiger partial charge < -0.3 is 9.64 Å². The van der Waals surface area contributed by atoms with Crippen molar-refractivity contribution >= 4 is 10.0 Å². The lowest BCUT2D eigenvalue weighted by atomic mass is 10.0. The van der Waals surface area contributed by atoms with E-state index in [9.17, 15) is 13.7 Å². The SMILES string of the molecule is CN1CC[C@@H]2OCCN(S(=O)(=O)c3ccccc3C#N)[C@@H]2C1. The molecule has 0 radical (unpaired) electrons. The molecular formula is C15H19N3O3S. The molecule has 0 unspecified atom stereocenters. The zero-order valence-electron chi connectivity index (χ0n) is 12.5. The number of morpholine rings is 1. The van der Waals surface area contributed by atoms with E-state index in [1.54, 1.807) is 12.1 Å². The second-order valence-corrected chi connectivity index (χ2v) is 7.61. The Balaban J connectivity index is 1.99. The number of hydrogen-bond acceptors (Lipinski definition) is 5. The normalized spacial score (nSPS) is 27.1. The van der Waals surface area contributed by atoms with Gasteiger partial charge in [0.15, 0.2) is 0 Å². The minimum atomic E-state index is -3.69. The minimum absolute atomic E-state index is 0.0611. The maximum Gasteiger partial charge on any atom is 0.244 e. The Bertz CT molecular complexity index is 698. The molecule has 3 rings (SSSR count). The Kier molecular flexibility index (Phi) is 4.19. The van der Waals surface area contributed by atoms with Crippen LogP contribution < -0.4 is 0 Å². The molecule has 2 fully saturated rings. The van der Waals surface area contributed by atoms with Crippen LogP contribution in [0.1, 0.15) is 12.0 Å². The van der Waals surface area contributed by atoms with E-state index >= 15 is 0 Å². The number of benzene rings is 1. The lowest BCUT2D eigenvalue weighted by Gasteiger charge is -2.45. The van der Waals surface area contributed by atoms with E-state index in [2.05, 4.69) is 4.90 Å². The van der Waals surface area contributed by atoms with E-state index in [-0.39, 0.29) is 22.6 Å². The second-order valence-electron chi connectivity index (χ2n) is 5.75. The van der Waals surface area contributed by atoms with Gasteiger partial charge in [0.25, 0.3) is 0 Å². The molecule has 1 aromatic rings. The van der Waals surface area contributed by atoms with Crippen molar-refractivity contribution in [1.29, 1.82) is 5.26 Å². The Morgan fingerprint density at radius 1 is 1.32 bits per heavy atom. The molecule has 0 N–H and O–H groups in total. The summed E-state index contributed by atoms with van der Waals surface area (Å²) in [4.78, 5) is 2.21. The highest BCUT2D eigenvalue weighted by Gasteiger charge is 2.42. The summed E-state index contributed by atoms with van der Waals surface area (Å²) < 4.78 is 33.3. The van der Waals surface area contributed by atoms with Crippen LogP contribution in [0.15, 0.2) is 29.2 Å². The summed E-state index contributed by atoms with van der Waals surface area (Å²) >= 11 is 0. The van der Waals surface area contributed by atoms with Crippen LogP contribution in [0.5, 0.6) is 0 Å². The van der Waals surface area contributed by atoms with Crippen molar-refractivity contribution in [2.24, 2.45) is 0 Å². The molecule has 6 nitrogen and oxygen atoms in total. The van der Waals surface area contributed by atoms with E-state index in [0.29, 0.717) is 19.7 Å². The van der Waals surface area contributed by atoms with Crippen LogP contribution in [0.2, 0.25) is 0 Å². The third-order valence-electron chi connectivity index (χ3n) is 4.33. The molecule has 2 atom stereocenters. The first-order valence-corrected chi connectivity index (χ1v) is 8.79. The first-order chi connectivity index (χ1) is 10.5. The van der Waals surface area contributed by atoms with Crippen molar-refractivity contribution in [2.75, 3.05) is 33.3 Å². The Labute approximate surface area is 130 Å². The quantitative estimate of drug-likeness (QED) is 0.800. The molecule has 0 amide bonds. The molecule has 1 aromatic carbocycles. The van der Waals surface area contributed by atoms with Crippen LogP contribution in [0.3, 0.4) is 0 Å². The number of rotatable bonds is 2. The monoisotopic (exact) mass is 321 g/mol. The number of nitrogens with zero attached hydrogens (tertiary/aromatic N) is 3. The van der Waals surface area contributed by atoms with Crippen LogP contribution in [0.4, 0.5) is 0 Å². The number of sulfonamides is 1. The lowest BCUT2D eigenvalue weighted by molar-refractivity contribution is -0.0719. The van der Waals surface area contributed by atoms with Gasteiger partial charge in [-0.05, 0) is 25.6 Å². The molecule has 2 aliphatic rings. The zero-order chi connectivity index (χ0) is 15.7. The summed E-state index contributed by atoms with van der Waals surface area (Å²) in [5, 5.41) is 9.19. The molecule has 2 heterocycles. The smallest absolute Gasteiger partial charge is 0.244 e. The highest BCUT2D eigenvalue weighted by molar-refractivity contribution is 7.89. The van der Waals surface area contributed by atoms with Crippen molar-refractivity contribution in [3.8, 4) is 6.07 Å². The van der Waals surface area contributed by atoms with Gasteiger partial charge in [-0.2, -0.15) is 9.57 Å². The Morgan fingerprint density at radius 3 is 2.86 bits per heavy atom. The Morgan fingerprint density at radius 2 is 2.09 bits per heavy atom. The Hall–Kier alpha value is -1.46. The van der Waals surface area contributed by atoms with Crippen LogP contribution in [-0.2, 0) is 14.8 Å². The van der Waals surface area contributed by atoms with Crippen molar-refractivity contribution in [1.82, 2.24) is 9.21 Å². The van der Waals surface area contributed by atoms with Crippen molar-refractivity contribution in [3.05, 3.63) is 29.8 Å². The largest absolute Gasteiger partial charge is 0.375 e. The summed E-state index contributed by atoms with van der Waals surface area (Å²) in [6, 6.07) is 8.15. The van der Waals surface area contributed by atoms with E-state index in [0.717, 1.165) is 13.0 Å². The topological polar surface area (TPSA) is 73.6 Å². The molecule has 0 bridgehead atoms. The zero-order valence-corrected chi connectivity index (χ0v) is 13.3. The average molecular weight is 321 g/mol. The molecular weight excluding hydrogens is 302 g/mol. The number of nitriles is 1. The van der Waals surface area contributed by atoms with Crippen LogP contribution >= 0.6 is 0 Å². The van der Waals surface area contributed by atoms with Crippen LogP contribution in [-0.4, -0.2) is 63.1 Å². The number of hydrogen-bond donors (Lipinski definition) is 0. The first-order valence-electron chi connectivity index (χ1n) is 7.35. The van der Waals surface area contributed by atoms with E-state index in [1.165, 1.54) is 16.4 Å². The number of likely N-dealkylation sites (tertiary alicyclic amines) is 1. The molecule has 118 valence electrons. The molecule has 0 spiro atoms.